The van der Waals surface area contributed by atoms with Gasteiger partial charge in [-0.15, -0.1) is 0 Å². The van der Waals surface area contributed by atoms with E-state index in [1.165, 1.54) is 13.3 Å². The topological polar surface area (TPSA) is 150 Å². The Morgan fingerprint density at radius 1 is 0.980 bits per heavy atom. The van der Waals surface area contributed by atoms with Crippen LogP contribution >= 0.6 is 0 Å². The summed E-state index contributed by atoms with van der Waals surface area (Å²) in [6.45, 7) is 7.11. The first kappa shape index (κ1) is 37.5. The van der Waals surface area contributed by atoms with E-state index in [9.17, 15) is 24.3 Å². The summed E-state index contributed by atoms with van der Waals surface area (Å²) in [4.78, 5) is 58.7. The van der Waals surface area contributed by atoms with Gasteiger partial charge in [-0.3, -0.25) is 14.4 Å². The van der Waals surface area contributed by atoms with Crippen molar-refractivity contribution in [3.63, 3.8) is 0 Å². The first-order valence-corrected chi connectivity index (χ1v) is 16.7. The molecule has 0 aromatic heterocycles. The lowest BCUT2D eigenvalue weighted by molar-refractivity contribution is -0.165. The molecule has 5 unspecified atom stereocenters. The van der Waals surface area contributed by atoms with E-state index < -0.39 is 46.5 Å². The number of hydrogen-bond acceptors (Lipinski definition) is 11. The van der Waals surface area contributed by atoms with Crippen LogP contribution in [0.5, 0.6) is 0 Å². The van der Waals surface area contributed by atoms with E-state index in [1.807, 2.05) is 55.5 Å². The minimum Gasteiger partial charge on any atom is -0.469 e. The standard InChI is InChI=1S/C38H47NO10/c1-6-37(3,35(43)45-5)24-38(4,36(44)48-23-29-22-47-29)20-28(34(42)46-17-11-16-40)18-25(2)33(41)49-39-21-32-30-14-9-7-12-26(30)19-27-13-8-10-15-31(27)32/h7-10,12-15,19,21,25,28-29,40H,6,11,16-18,20,22-24H2,1-5H3. The van der Waals surface area contributed by atoms with Gasteiger partial charge in [-0.25, -0.2) is 4.79 Å². The molecule has 0 radical (unpaired) electrons. The molecule has 0 spiro atoms. The number of epoxide rings is 1. The van der Waals surface area contributed by atoms with Crippen molar-refractivity contribution < 1.29 is 48.1 Å². The van der Waals surface area contributed by atoms with Crippen LogP contribution in [0.1, 0.15) is 65.4 Å². The molecule has 3 aromatic rings. The van der Waals surface area contributed by atoms with Crippen molar-refractivity contribution in [1.29, 1.82) is 0 Å². The number of nitrogens with zero attached hydrogens (tertiary/aromatic N) is 1. The maximum absolute atomic E-state index is 13.7. The average molecular weight is 678 g/mol. The first-order chi connectivity index (χ1) is 23.4. The highest BCUT2D eigenvalue weighted by molar-refractivity contribution is 6.13. The van der Waals surface area contributed by atoms with E-state index in [0.717, 1.165) is 27.1 Å². The van der Waals surface area contributed by atoms with Crippen LogP contribution in [0.2, 0.25) is 0 Å². The monoisotopic (exact) mass is 677 g/mol. The van der Waals surface area contributed by atoms with Crippen LogP contribution in [0.3, 0.4) is 0 Å². The number of hydrogen-bond donors (Lipinski definition) is 1. The van der Waals surface area contributed by atoms with Crippen LogP contribution in [0.4, 0.5) is 0 Å². The first-order valence-electron chi connectivity index (χ1n) is 16.7. The van der Waals surface area contributed by atoms with E-state index in [1.54, 1.807) is 20.8 Å². The highest BCUT2D eigenvalue weighted by atomic mass is 16.7. The number of ether oxygens (including phenoxy) is 4. The Morgan fingerprint density at radius 2 is 1.61 bits per heavy atom. The fourth-order valence-corrected chi connectivity index (χ4v) is 6.28. The highest BCUT2D eigenvalue weighted by Gasteiger charge is 2.48. The third kappa shape index (κ3) is 9.64. The summed E-state index contributed by atoms with van der Waals surface area (Å²) < 4.78 is 21.3. The van der Waals surface area contributed by atoms with Crippen molar-refractivity contribution in [2.75, 3.05) is 33.5 Å². The van der Waals surface area contributed by atoms with Gasteiger partial charge in [0, 0.05) is 18.6 Å². The molecule has 264 valence electrons. The zero-order chi connectivity index (χ0) is 35.6. The number of esters is 3. The normalized spacial score (nSPS) is 17.9. The number of oxime groups is 1. The third-order valence-corrected chi connectivity index (χ3v) is 9.29. The largest absolute Gasteiger partial charge is 0.469 e. The summed E-state index contributed by atoms with van der Waals surface area (Å²) >= 11 is 0. The molecule has 1 aliphatic rings. The smallest absolute Gasteiger partial charge is 0.337 e. The summed E-state index contributed by atoms with van der Waals surface area (Å²) in [5.74, 6) is -4.18. The molecule has 0 aliphatic carbocycles. The zero-order valence-electron chi connectivity index (χ0n) is 28.9. The third-order valence-electron chi connectivity index (χ3n) is 9.29. The second kappa shape index (κ2) is 16.8. The Balaban J connectivity index is 1.56. The molecule has 0 amide bonds. The van der Waals surface area contributed by atoms with Crippen LogP contribution in [0, 0.1) is 22.7 Å². The van der Waals surface area contributed by atoms with Gasteiger partial charge in [0.1, 0.15) is 12.7 Å². The molecule has 4 rings (SSSR count). The quantitative estimate of drug-likeness (QED) is 0.0257. The van der Waals surface area contributed by atoms with Crippen molar-refractivity contribution in [2.24, 2.45) is 27.8 Å². The lowest BCUT2D eigenvalue weighted by atomic mass is 9.67. The fourth-order valence-electron chi connectivity index (χ4n) is 6.28. The Kier molecular flexibility index (Phi) is 12.9. The Bertz CT molecular complexity index is 1610. The molecular weight excluding hydrogens is 630 g/mol. The molecule has 1 fully saturated rings. The molecule has 0 saturated carbocycles. The van der Waals surface area contributed by atoms with E-state index in [-0.39, 0.29) is 51.6 Å². The van der Waals surface area contributed by atoms with Crippen LogP contribution in [0.15, 0.2) is 59.8 Å². The Labute approximate surface area is 286 Å². The molecule has 3 aromatic carbocycles. The van der Waals surface area contributed by atoms with Gasteiger partial charge in [0.2, 0.25) is 0 Å². The number of carbonyl (C=O) groups is 4. The molecule has 1 N–H and O–H groups in total. The second-order valence-electron chi connectivity index (χ2n) is 13.4. The number of rotatable bonds is 18. The average Bonchev–Trinajstić information content (AvgIpc) is 3.94. The summed E-state index contributed by atoms with van der Waals surface area (Å²) in [5.41, 5.74) is -1.60. The molecule has 11 nitrogen and oxygen atoms in total. The predicted octanol–water partition coefficient (Wildman–Crippen LogP) is 5.76. The van der Waals surface area contributed by atoms with Gasteiger partial charge in [-0.1, -0.05) is 67.5 Å². The van der Waals surface area contributed by atoms with E-state index in [4.69, 9.17) is 23.8 Å². The van der Waals surface area contributed by atoms with Gasteiger partial charge >= 0.3 is 23.9 Å². The number of carbonyl (C=O) groups excluding carboxylic acids is 4. The summed E-state index contributed by atoms with van der Waals surface area (Å²) in [6.07, 6.45) is 1.84. The SMILES string of the molecule is CCC(C)(CC(C)(CC(CC(C)C(=O)ON=Cc1c2ccccc2cc2ccccc12)C(=O)OCCCO)C(=O)OCC1CO1)C(=O)OC. The minimum atomic E-state index is -1.34. The van der Waals surface area contributed by atoms with E-state index >= 15 is 0 Å². The van der Waals surface area contributed by atoms with Gasteiger partial charge in [0.15, 0.2) is 0 Å². The number of methoxy groups -OCH3 is 1. The van der Waals surface area contributed by atoms with Crippen LogP contribution in [-0.2, 0) is 43.0 Å². The summed E-state index contributed by atoms with van der Waals surface area (Å²) in [6, 6.07) is 17.8. The molecule has 0 bridgehead atoms. The highest BCUT2D eigenvalue weighted by Crippen LogP contribution is 2.44. The van der Waals surface area contributed by atoms with Crippen LogP contribution < -0.4 is 0 Å². The fraction of sp³-hybridized carbons (Fsp3) is 0.500. The van der Waals surface area contributed by atoms with Gasteiger partial charge in [0.05, 0.1) is 49.2 Å². The number of aliphatic hydroxyl groups is 1. The van der Waals surface area contributed by atoms with Crippen molar-refractivity contribution in [3.8, 4) is 0 Å². The Hall–Kier alpha value is -4.35. The summed E-state index contributed by atoms with van der Waals surface area (Å²) in [5, 5.41) is 17.2. The van der Waals surface area contributed by atoms with Gasteiger partial charge < -0.3 is 28.9 Å². The lowest BCUT2D eigenvalue weighted by Crippen LogP contribution is -2.42. The van der Waals surface area contributed by atoms with Crippen LogP contribution in [0.25, 0.3) is 21.5 Å². The van der Waals surface area contributed by atoms with Crippen molar-refractivity contribution in [1.82, 2.24) is 0 Å². The van der Waals surface area contributed by atoms with Gasteiger partial charge in [-0.2, -0.15) is 0 Å². The molecule has 49 heavy (non-hydrogen) atoms. The molecule has 1 heterocycles. The molecule has 5 atom stereocenters. The molecule has 11 heteroatoms. The van der Waals surface area contributed by atoms with Crippen LogP contribution in [-0.4, -0.2) is 74.8 Å². The predicted molar refractivity (Wildman–Crippen MR) is 184 cm³/mol. The molecule has 1 aliphatic heterocycles. The number of aliphatic hydroxyl groups excluding tert-OH is 1. The number of fused-ring (bicyclic) bond motifs is 2. The maximum Gasteiger partial charge on any atom is 0.337 e. The lowest BCUT2D eigenvalue weighted by Gasteiger charge is -2.37. The van der Waals surface area contributed by atoms with Crippen molar-refractivity contribution in [2.45, 2.75) is 65.9 Å². The maximum atomic E-state index is 13.7. The minimum absolute atomic E-state index is 0.0239. The van der Waals surface area contributed by atoms with Crippen molar-refractivity contribution in [3.05, 3.63) is 60.2 Å². The second-order valence-corrected chi connectivity index (χ2v) is 13.4. The van der Waals surface area contributed by atoms with Gasteiger partial charge in [-0.05, 0) is 67.1 Å². The number of benzene rings is 3. The molecule has 1 saturated heterocycles. The van der Waals surface area contributed by atoms with E-state index in [0.29, 0.717) is 13.0 Å². The van der Waals surface area contributed by atoms with Crippen molar-refractivity contribution >= 4 is 51.6 Å². The van der Waals surface area contributed by atoms with E-state index in [2.05, 4.69) is 11.2 Å². The summed E-state index contributed by atoms with van der Waals surface area (Å²) in [7, 11) is 1.29. The Morgan fingerprint density at radius 3 is 2.18 bits per heavy atom. The van der Waals surface area contributed by atoms with Gasteiger partial charge in [0.25, 0.3) is 0 Å². The molecular formula is C38H47NO10. The zero-order valence-corrected chi connectivity index (χ0v) is 28.9.